The minimum atomic E-state index is -3.17. The van der Waals surface area contributed by atoms with Gasteiger partial charge in [-0.05, 0) is 36.8 Å². The second kappa shape index (κ2) is 11.0. The van der Waals surface area contributed by atoms with Crippen molar-refractivity contribution in [3.05, 3.63) is 36.0 Å². The fraction of sp³-hybridized carbons (Fsp3) is 0.609. The number of hydrogen-bond donors (Lipinski definition) is 1. The van der Waals surface area contributed by atoms with Crippen LogP contribution in [0.15, 0.2) is 36.0 Å². The van der Waals surface area contributed by atoms with E-state index in [0.717, 1.165) is 17.0 Å². The molecule has 0 bridgehead atoms. The van der Waals surface area contributed by atoms with Crippen molar-refractivity contribution in [2.75, 3.05) is 18.6 Å². The van der Waals surface area contributed by atoms with Crippen LogP contribution in [0.4, 0.5) is 0 Å². The van der Waals surface area contributed by atoms with Gasteiger partial charge in [-0.25, -0.2) is 18.9 Å². The molecule has 1 fully saturated rings. The zero-order chi connectivity index (χ0) is 24.1. The Morgan fingerprint density at radius 1 is 1.25 bits per heavy atom. The molecule has 9 heteroatoms. The van der Waals surface area contributed by atoms with Crippen LogP contribution in [0.3, 0.4) is 0 Å². The Morgan fingerprint density at radius 3 is 2.41 bits per heavy atom. The molecule has 178 valence electrons. The highest BCUT2D eigenvalue weighted by molar-refractivity contribution is 7.91. The number of nitrogens with zero attached hydrogens (tertiary/aromatic N) is 2. The number of imide groups is 1. The zero-order valence-corrected chi connectivity index (χ0v) is 20.3. The summed E-state index contributed by atoms with van der Waals surface area (Å²) >= 11 is 0. The molecule has 0 aromatic carbocycles. The number of carbonyl (C=O) groups is 3. The van der Waals surface area contributed by atoms with Crippen LogP contribution in [-0.4, -0.2) is 66.7 Å². The quantitative estimate of drug-likeness (QED) is 0.392. The summed E-state index contributed by atoms with van der Waals surface area (Å²) < 4.78 is 24.0. The molecule has 0 spiro atoms. The molecule has 2 rings (SSSR count). The number of amides is 3. The lowest BCUT2D eigenvalue weighted by Crippen LogP contribution is -2.47. The molecule has 32 heavy (non-hydrogen) atoms. The summed E-state index contributed by atoms with van der Waals surface area (Å²) in [5.74, 6) is -0.517. The van der Waals surface area contributed by atoms with Crippen molar-refractivity contribution in [2.45, 2.75) is 65.0 Å². The Bertz CT molecular complexity index is 906. The van der Waals surface area contributed by atoms with Crippen LogP contribution in [-0.2, 0) is 24.2 Å². The average molecular weight is 466 g/mol. The van der Waals surface area contributed by atoms with E-state index in [1.807, 2.05) is 13.0 Å². The summed E-state index contributed by atoms with van der Waals surface area (Å²) in [4.78, 5) is 38.5. The van der Waals surface area contributed by atoms with E-state index in [-0.39, 0.29) is 60.1 Å². The third kappa shape index (κ3) is 6.38. The summed E-state index contributed by atoms with van der Waals surface area (Å²) in [7, 11) is -1.42. The van der Waals surface area contributed by atoms with Crippen molar-refractivity contribution >= 4 is 27.6 Å². The summed E-state index contributed by atoms with van der Waals surface area (Å²) in [5, 5.41) is 1.07. The minimum absolute atomic E-state index is 0.0590. The molecule has 2 heterocycles. The third-order valence-electron chi connectivity index (χ3n) is 6.36. The summed E-state index contributed by atoms with van der Waals surface area (Å²) in [6.45, 7) is 9.26. The number of carbonyl (C=O) groups excluding carboxylic acids is 3. The van der Waals surface area contributed by atoms with Crippen molar-refractivity contribution in [1.82, 2.24) is 15.3 Å². The van der Waals surface area contributed by atoms with E-state index in [9.17, 15) is 22.8 Å². The van der Waals surface area contributed by atoms with Gasteiger partial charge < -0.3 is 4.90 Å². The molecule has 3 amide bonds. The van der Waals surface area contributed by atoms with Crippen molar-refractivity contribution in [3.63, 3.8) is 0 Å². The molecule has 0 aliphatic carbocycles. The van der Waals surface area contributed by atoms with E-state index >= 15 is 0 Å². The van der Waals surface area contributed by atoms with Gasteiger partial charge in [-0.1, -0.05) is 39.0 Å². The van der Waals surface area contributed by atoms with Gasteiger partial charge in [0.15, 0.2) is 9.84 Å². The molecule has 0 radical (unpaired) electrons. The van der Waals surface area contributed by atoms with E-state index < -0.39 is 9.84 Å². The van der Waals surface area contributed by atoms with Crippen LogP contribution in [0.5, 0.6) is 0 Å². The molecular formula is C23H35N3O5S. The van der Waals surface area contributed by atoms with Crippen LogP contribution in [0.25, 0.3) is 0 Å². The predicted octanol–water partition coefficient (Wildman–Crippen LogP) is 2.15. The van der Waals surface area contributed by atoms with E-state index in [4.69, 9.17) is 0 Å². The van der Waals surface area contributed by atoms with Crippen molar-refractivity contribution in [2.24, 2.45) is 5.92 Å². The average Bonchev–Trinajstić information content (AvgIpc) is 3.01. The second-order valence-corrected chi connectivity index (χ2v) is 10.8. The summed E-state index contributed by atoms with van der Waals surface area (Å²) in [6.07, 6.45) is 7.39. The zero-order valence-electron chi connectivity index (χ0n) is 19.5. The Balaban J connectivity index is 2.19. The fourth-order valence-corrected chi connectivity index (χ4v) is 5.08. The summed E-state index contributed by atoms with van der Waals surface area (Å²) in [5.41, 5.74) is 4.44. The number of hydrogen-bond acceptors (Lipinski definition) is 6. The molecule has 8 nitrogen and oxygen atoms in total. The van der Waals surface area contributed by atoms with Crippen LogP contribution >= 0.6 is 0 Å². The van der Waals surface area contributed by atoms with Crippen LogP contribution in [0.1, 0.15) is 52.9 Å². The summed E-state index contributed by atoms with van der Waals surface area (Å²) in [6, 6.07) is -0.456. The highest BCUT2D eigenvalue weighted by atomic mass is 32.2. The SMILES string of the molecule is C=C/C(=C\C[C@H]1[C@H](CC)CC([C@H](C)NN2C(=O)CCC2=O)=CC(=O)N1C)CS(=O)(=O)CC. The Labute approximate surface area is 191 Å². The van der Waals surface area contributed by atoms with Crippen LogP contribution in [0, 0.1) is 5.92 Å². The van der Waals surface area contributed by atoms with Crippen molar-refractivity contribution in [3.8, 4) is 0 Å². The van der Waals surface area contributed by atoms with Gasteiger partial charge in [-0.15, -0.1) is 0 Å². The first-order chi connectivity index (χ1) is 15.0. The molecule has 2 aliphatic rings. The fourth-order valence-electron chi connectivity index (χ4n) is 4.13. The number of hydrazine groups is 1. The van der Waals surface area contributed by atoms with E-state index in [0.29, 0.717) is 18.4 Å². The lowest BCUT2D eigenvalue weighted by molar-refractivity contribution is -0.142. The van der Waals surface area contributed by atoms with Gasteiger partial charge in [0.1, 0.15) is 0 Å². The molecule has 0 unspecified atom stereocenters. The molecule has 3 atom stereocenters. The molecular weight excluding hydrogens is 430 g/mol. The van der Waals surface area contributed by atoms with E-state index in [1.54, 1.807) is 31.0 Å². The Morgan fingerprint density at radius 2 is 1.88 bits per heavy atom. The highest BCUT2D eigenvalue weighted by Gasteiger charge is 2.34. The molecule has 1 N–H and O–H groups in total. The smallest absolute Gasteiger partial charge is 0.246 e. The van der Waals surface area contributed by atoms with Crippen molar-refractivity contribution in [1.29, 1.82) is 0 Å². The second-order valence-electron chi connectivity index (χ2n) is 8.48. The molecule has 0 aromatic rings. The number of rotatable bonds is 10. The topological polar surface area (TPSA) is 104 Å². The monoisotopic (exact) mass is 465 g/mol. The number of nitrogens with one attached hydrogen (secondary N) is 1. The van der Waals surface area contributed by atoms with Crippen LogP contribution < -0.4 is 5.43 Å². The normalized spacial score (nSPS) is 23.9. The first-order valence-electron chi connectivity index (χ1n) is 11.1. The first kappa shape index (κ1) is 26.0. The highest BCUT2D eigenvalue weighted by Crippen LogP contribution is 2.30. The van der Waals surface area contributed by atoms with Gasteiger partial charge in [0, 0.05) is 43.8 Å². The maximum atomic E-state index is 12.9. The Kier molecular flexibility index (Phi) is 8.98. The minimum Gasteiger partial charge on any atom is -0.339 e. The van der Waals surface area contributed by atoms with Crippen LogP contribution in [0.2, 0.25) is 0 Å². The standard InChI is InChI=1S/C23H35N3O5S/c1-6-17(15-32(30,31)8-3)9-10-20-18(7-2)13-19(14-23(29)25(20)5)16(4)24-26-21(27)11-12-22(26)28/h6,9,14,16,18,20,24H,1,7-8,10-13,15H2,2-5H3/b17-9+/t16-,18+,20-/m0/s1. The largest absolute Gasteiger partial charge is 0.339 e. The van der Waals surface area contributed by atoms with Gasteiger partial charge in [0.25, 0.3) is 0 Å². The molecule has 2 aliphatic heterocycles. The molecule has 1 saturated heterocycles. The predicted molar refractivity (Wildman–Crippen MR) is 124 cm³/mol. The van der Waals surface area contributed by atoms with Gasteiger partial charge in [-0.2, -0.15) is 0 Å². The number of likely N-dealkylation sites (N-methyl/N-ethyl adjacent to an activating group) is 1. The maximum absolute atomic E-state index is 12.9. The number of allylic oxidation sites excluding steroid dienone is 1. The van der Waals surface area contributed by atoms with Gasteiger partial charge >= 0.3 is 0 Å². The van der Waals surface area contributed by atoms with E-state index in [2.05, 4.69) is 18.9 Å². The molecule has 0 saturated carbocycles. The number of sulfone groups is 1. The Hall–Kier alpha value is -2.26. The van der Waals surface area contributed by atoms with Gasteiger partial charge in [-0.3, -0.25) is 14.4 Å². The lowest BCUT2D eigenvalue weighted by Gasteiger charge is -2.32. The van der Waals surface area contributed by atoms with Gasteiger partial charge in [0.2, 0.25) is 17.7 Å². The van der Waals surface area contributed by atoms with Crippen molar-refractivity contribution < 1.29 is 22.8 Å². The molecule has 0 aromatic heterocycles. The lowest BCUT2D eigenvalue weighted by atomic mass is 9.86. The van der Waals surface area contributed by atoms with E-state index in [1.165, 1.54) is 0 Å². The maximum Gasteiger partial charge on any atom is 0.246 e. The third-order valence-corrected chi connectivity index (χ3v) is 8.01. The van der Waals surface area contributed by atoms with Gasteiger partial charge in [0.05, 0.1) is 5.75 Å². The first-order valence-corrected chi connectivity index (χ1v) is 13.0.